The Bertz CT molecular complexity index is 3150. The maximum Gasteiger partial charge on any atom is 0.317 e. The number of esters is 4. The lowest BCUT2D eigenvalue weighted by Gasteiger charge is -2.28. The first kappa shape index (κ1) is 54.5. The van der Waals surface area contributed by atoms with Crippen molar-refractivity contribution in [3.8, 4) is 11.5 Å². The molecule has 18 heteroatoms. The standard InChI is InChI=1S/C31H29N3O5.C19H19N3O.C10H8O6.CH4/c1-18-4-6-19(7-5-18)33(21-12-14-23(39-3)15-13-21)20-8-10-22(11-9-20)34-30(37)26-16-24-25(17-27(26)31(34)38)29(36)32(2)28(24)35;1-23-19-12-10-18(11-13-19)22(16-6-2-14(20)3-7-16)17-8-4-15(21)5-9-17;11-7-3-1-4-6(10(14)16-8(4)12)2-5(3)9(13)15-7;/h4-15,24-27H,16-17H2,1-3H3;2-13H,20-21H2,1H3;3-6H,1-2H2;1H4. The summed E-state index contributed by atoms with van der Waals surface area (Å²) in [5.74, 6) is -6.34. The SMILES string of the molecule is C.COc1ccc(N(c2ccc(C)cc2)c2ccc(N3C(=O)C4CC5C(=O)N(C)C(=O)C5CC4C3=O)cc2)cc1.COc1ccc(N(c2ccc(N)cc2)c2ccc(N)cc2)cc1.O=C1OC(=O)C2CC3C(=O)OC(=O)C3CC12. The van der Waals surface area contributed by atoms with Crippen LogP contribution in [-0.2, 0) is 47.8 Å². The number of methoxy groups -OCH3 is 2. The number of ether oxygens (including phenoxy) is 4. The summed E-state index contributed by atoms with van der Waals surface area (Å²) in [6.07, 6.45) is 0.846. The Labute approximate surface area is 456 Å². The highest BCUT2D eigenvalue weighted by Gasteiger charge is 2.60. The number of cyclic esters (lactones) is 4. The molecule has 2 saturated carbocycles. The summed E-state index contributed by atoms with van der Waals surface area (Å²) in [6.45, 7) is 2.04. The van der Waals surface area contributed by atoms with Crippen molar-refractivity contribution in [3.63, 3.8) is 0 Å². The van der Waals surface area contributed by atoms with Gasteiger partial charge < -0.3 is 40.2 Å². The van der Waals surface area contributed by atoms with Gasteiger partial charge in [0.25, 0.3) is 0 Å². The van der Waals surface area contributed by atoms with Crippen molar-refractivity contribution in [2.45, 2.75) is 40.0 Å². The van der Waals surface area contributed by atoms with Crippen molar-refractivity contribution in [1.29, 1.82) is 0 Å². The van der Waals surface area contributed by atoms with Gasteiger partial charge in [0.2, 0.25) is 23.6 Å². The highest BCUT2D eigenvalue weighted by molar-refractivity contribution is 6.23. The first-order valence-electron chi connectivity index (χ1n) is 25.5. The van der Waals surface area contributed by atoms with Crippen LogP contribution in [0.2, 0.25) is 0 Å². The van der Waals surface area contributed by atoms with Gasteiger partial charge in [0.05, 0.1) is 67.3 Å². The Hall–Kier alpha value is -9.32. The van der Waals surface area contributed by atoms with Gasteiger partial charge in [0, 0.05) is 52.5 Å². The van der Waals surface area contributed by atoms with Gasteiger partial charge >= 0.3 is 23.9 Å². The molecule has 0 aromatic heterocycles. The summed E-state index contributed by atoms with van der Waals surface area (Å²) in [5.41, 5.74) is 20.6. The van der Waals surface area contributed by atoms with Gasteiger partial charge in [-0.2, -0.15) is 0 Å². The van der Waals surface area contributed by atoms with E-state index in [2.05, 4.69) is 19.3 Å². The molecule has 12 rings (SSSR count). The van der Waals surface area contributed by atoms with Gasteiger partial charge in [-0.25, -0.2) is 0 Å². The van der Waals surface area contributed by atoms with Crippen molar-refractivity contribution >= 4 is 98.7 Å². The zero-order valence-electron chi connectivity index (χ0n) is 43.1. The molecule has 406 valence electrons. The van der Waals surface area contributed by atoms with E-state index in [0.29, 0.717) is 5.69 Å². The molecule has 4 aliphatic heterocycles. The van der Waals surface area contributed by atoms with E-state index in [1.807, 2.05) is 140 Å². The number of carbonyl (C=O) groups is 8. The molecule has 6 fully saturated rings. The fourth-order valence-electron chi connectivity index (χ4n) is 11.4. The fraction of sp³-hybridized carbons (Fsp3) is 0.279. The maximum absolute atomic E-state index is 13.4. The summed E-state index contributed by atoms with van der Waals surface area (Å²) in [7, 11) is 4.76. The van der Waals surface area contributed by atoms with E-state index in [4.69, 9.17) is 20.9 Å². The van der Waals surface area contributed by atoms with Gasteiger partial charge in [-0.15, -0.1) is 0 Å². The van der Waals surface area contributed by atoms with Crippen LogP contribution < -0.4 is 35.6 Å². The summed E-state index contributed by atoms with van der Waals surface area (Å²) in [6, 6.07) is 46.7. The number of likely N-dealkylation sites (tertiary alicyclic amines) is 1. The molecule has 6 aromatic rings. The molecule has 4 saturated heterocycles. The van der Waals surface area contributed by atoms with Crippen molar-refractivity contribution in [1.82, 2.24) is 4.90 Å². The zero-order chi connectivity index (χ0) is 55.1. The molecule has 79 heavy (non-hydrogen) atoms. The van der Waals surface area contributed by atoms with Gasteiger partial charge in [-0.3, -0.25) is 48.2 Å². The Balaban J connectivity index is 0.000000159. The lowest BCUT2D eigenvalue weighted by molar-refractivity contribution is -0.154. The number of rotatable bonds is 9. The molecule has 4 N–H and O–H groups in total. The molecular weight excluding hydrogens is 1010 g/mol. The first-order chi connectivity index (χ1) is 37.5. The highest BCUT2D eigenvalue weighted by atomic mass is 16.6. The largest absolute Gasteiger partial charge is 0.497 e. The summed E-state index contributed by atoms with van der Waals surface area (Å²) >= 11 is 0. The molecule has 0 radical (unpaired) electrons. The van der Waals surface area contributed by atoms with E-state index in [1.165, 1.54) is 11.9 Å². The second kappa shape index (κ2) is 22.3. The van der Waals surface area contributed by atoms with Gasteiger partial charge in [0.1, 0.15) is 11.5 Å². The van der Waals surface area contributed by atoms with Crippen molar-refractivity contribution in [3.05, 3.63) is 151 Å². The molecule has 0 bridgehead atoms. The number of anilines is 9. The molecule has 6 aromatic carbocycles. The highest BCUT2D eigenvalue weighted by Crippen LogP contribution is 2.49. The first-order valence-corrected chi connectivity index (χ1v) is 25.5. The van der Waals surface area contributed by atoms with E-state index in [1.54, 1.807) is 26.4 Å². The van der Waals surface area contributed by atoms with Crippen LogP contribution in [0.5, 0.6) is 11.5 Å². The third-order valence-corrected chi connectivity index (χ3v) is 15.6. The smallest absolute Gasteiger partial charge is 0.317 e. The fourth-order valence-corrected chi connectivity index (χ4v) is 11.4. The van der Waals surface area contributed by atoms with E-state index < -0.39 is 71.2 Å². The van der Waals surface area contributed by atoms with E-state index in [9.17, 15) is 38.4 Å². The van der Waals surface area contributed by atoms with Crippen LogP contribution in [0.25, 0.3) is 0 Å². The number of hydrogen-bond acceptors (Lipinski definition) is 16. The normalized spacial score (nSPS) is 23.3. The van der Waals surface area contributed by atoms with Gasteiger partial charge in [-0.05, 0) is 166 Å². The number of aryl methyl sites for hydroxylation is 1. The van der Waals surface area contributed by atoms with E-state index >= 15 is 0 Å². The third kappa shape index (κ3) is 10.5. The number of nitrogen functional groups attached to an aromatic ring is 2. The Kier molecular flexibility index (Phi) is 15.4. The molecule has 8 unspecified atom stereocenters. The summed E-state index contributed by atoms with van der Waals surface area (Å²) in [4.78, 5) is 104. The van der Waals surface area contributed by atoms with Crippen LogP contribution in [0, 0.1) is 54.3 Å². The van der Waals surface area contributed by atoms with E-state index in [-0.39, 0.29) is 56.7 Å². The minimum atomic E-state index is -0.583. The maximum atomic E-state index is 13.4. The number of benzene rings is 6. The number of carbonyl (C=O) groups excluding carboxylic acids is 8. The molecule has 4 amide bonds. The van der Waals surface area contributed by atoms with Crippen molar-refractivity contribution < 1.29 is 57.3 Å². The van der Waals surface area contributed by atoms with Crippen LogP contribution in [0.1, 0.15) is 38.7 Å². The number of hydrogen-bond donors (Lipinski definition) is 2. The molecule has 18 nitrogen and oxygen atoms in total. The molecule has 2 aliphatic carbocycles. The minimum Gasteiger partial charge on any atom is -0.497 e. The second-order valence-electron chi connectivity index (χ2n) is 20.1. The third-order valence-electron chi connectivity index (χ3n) is 15.6. The second-order valence-corrected chi connectivity index (χ2v) is 20.1. The van der Waals surface area contributed by atoms with Crippen LogP contribution in [0.4, 0.5) is 51.2 Å². The van der Waals surface area contributed by atoms with Gasteiger partial charge in [0.15, 0.2) is 0 Å². The van der Waals surface area contributed by atoms with Crippen molar-refractivity contribution in [2.24, 2.45) is 47.3 Å². The van der Waals surface area contributed by atoms with E-state index in [0.717, 1.165) is 67.5 Å². The zero-order valence-corrected chi connectivity index (χ0v) is 43.1. The van der Waals surface area contributed by atoms with Crippen LogP contribution in [0.15, 0.2) is 146 Å². The predicted molar refractivity (Wildman–Crippen MR) is 295 cm³/mol. The monoisotopic (exact) mass is 1070 g/mol. The number of imide groups is 2. The lowest BCUT2D eigenvalue weighted by Crippen LogP contribution is -2.35. The minimum absolute atomic E-state index is 0. The number of nitrogens with zero attached hydrogens (tertiary/aromatic N) is 4. The Morgan fingerprint density at radius 2 is 0.671 bits per heavy atom. The van der Waals surface area contributed by atoms with Crippen molar-refractivity contribution in [2.75, 3.05) is 47.4 Å². The van der Waals surface area contributed by atoms with Crippen LogP contribution in [0.3, 0.4) is 0 Å². The number of amides is 4. The molecule has 4 heterocycles. The average Bonchev–Trinajstić information content (AvgIpc) is 4.27. The van der Waals surface area contributed by atoms with Gasteiger partial charge in [-0.1, -0.05) is 25.1 Å². The Morgan fingerprint density at radius 3 is 0.987 bits per heavy atom. The topological polar surface area (TPSA) is 238 Å². The molecular formula is C61H60N6O12. The predicted octanol–water partition coefficient (Wildman–Crippen LogP) is 8.98. The quantitative estimate of drug-likeness (QED) is 0.0594. The van der Waals surface area contributed by atoms with Crippen LogP contribution in [-0.4, -0.2) is 73.7 Å². The summed E-state index contributed by atoms with van der Waals surface area (Å²) < 4.78 is 19.6. The molecule has 8 atom stereocenters. The van der Waals surface area contributed by atoms with Crippen LogP contribution >= 0.6 is 0 Å². The lowest BCUT2D eigenvalue weighted by atomic mass is 9.70. The summed E-state index contributed by atoms with van der Waals surface area (Å²) in [5, 5.41) is 0. The molecule has 0 spiro atoms. The number of nitrogens with two attached hydrogens (primary N) is 2. The number of fused-ring (bicyclic) bond motifs is 4. The average molecular weight is 1070 g/mol. The molecule has 6 aliphatic rings. The Morgan fingerprint density at radius 1 is 0.405 bits per heavy atom.